The minimum atomic E-state index is -3.44. The molecule has 2 aromatic heterocycles. The second kappa shape index (κ2) is 7.67. The normalized spacial score (nSPS) is 21.0. The molecule has 136 valence electrons. The molecular weight excluding hydrogens is 362 g/mol. The summed E-state index contributed by atoms with van der Waals surface area (Å²) >= 11 is 1.29. The predicted octanol–water partition coefficient (Wildman–Crippen LogP) is 2.52. The van der Waals surface area contributed by atoms with E-state index in [0.29, 0.717) is 16.0 Å². The number of rotatable bonds is 6. The maximum atomic E-state index is 12.4. The van der Waals surface area contributed by atoms with Crippen LogP contribution in [0.15, 0.2) is 28.7 Å². The lowest BCUT2D eigenvalue weighted by molar-refractivity contribution is 0.136. The Morgan fingerprint density at radius 3 is 2.52 bits per heavy atom. The van der Waals surface area contributed by atoms with Crippen LogP contribution in [-0.4, -0.2) is 37.6 Å². The van der Waals surface area contributed by atoms with E-state index in [1.165, 1.54) is 24.6 Å². The fourth-order valence-electron chi connectivity index (χ4n) is 2.79. The smallest absolute Gasteiger partial charge is 0.250 e. The van der Waals surface area contributed by atoms with E-state index >= 15 is 0 Å². The molecule has 0 bridgehead atoms. The Kier molecular flexibility index (Phi) is 5.55. The topological polar surface area (TPSA) is 90.4 Å². The van der Waals surface area contributed by atoms with Gasteiger partial charge in [0.15, 0.2) is 0 Å². The molecule has 3 rings (SSSR count). The van der Waals surface area contributed by atoms with Gasteiger partial charge in [0.05, 0.1) is 19.5 Å². The number of ether oxygens (including phenoxy) is 2. The van der Waals surface area contributed by atoms with E-state index in [4.69, 9.17) is 9.47 Å². The van der Waals surface area contributed by atoms with Crippen molar-refractivity contribution in [3.8, 4) is 11.8 Å². The third-order valence-electron chi connectivity index (χ3n) is 4.06. The van der Waals surface area contributed by atoms with Crippen molar-refractivity contribution in [2.24, 2.45) is 0 Å². The number of aryl methyl sites for hydroxylation is 1. The first-order valence-corrected chi connectivity index (χ1v) is 10.4. The summed E-state index contributed by atoms with van der Waals surface area (Å²) in [7, 11) is -1.91. The molecule has 25 heavy (non-hydrogen) atoms. The molecule has 0 amide bonds. The first kappa shape index (κ1) is 18.1. The standard InChI is InChI=1S/C16H21N3O4S2/c1-11-3-8-16(24-11)25(20,21)19-12-4-6-13(7-5-12)23-15-10-17-9-14(18-15)22-2/h3,8-10,12-13,19H,4-7H2,1-2H3. The predicted molar refractivity (Wildman–Crippen MR) is 94.6 cm³/mol. The molecule has 1 aliphatic carbocycles. The van der Waals surface area contributed by atoms with Gasteiger partial charge in [-0.3, -0.25) is 4.98 Å². The van der Waals surface area contributed by atoms with Crippen molar-refractivity contribution in [2.75, 3.05) is 7.11 Å². The van der Waals surface area contributed by atoms with Crippen LogP contribution in [0, 0.1) is 6.92 Å². The maximum Gasteiger partial charge on any atom is 0.250 e. The first-order valence-electron chi connectivity index (χ1n) is 8.08. The van der Waals surface area contributed by atoms with Crippen molar-refractivity contribution < 1.29 is 17.9 Å². The van der Waals surface area contributed by atoms with E-state index < -0.39 is 10.0 Å². The van der Waals surface area contributed by atoms with Crippen molar-refractivity contribution in [3.05, 3.63) is 29.4 Å². The van der Waals surface area contributed by atoms with Gasteiger partial charge in [0.1, 0.15) is 10.3 Å². The second-order valence-corrected chi connectivity index (χ2v) is 9.21. The van der Waals surface area contributed by atoms with Crippen LogP contribution in [0.1, 0.15) is 30.6 Å². The first-order chi connectivity index (χ1) is 12.0. The van der Waals surface area contributed by atoms with E-state index in [2.05, 4.69) is 14.7 Å². The number of methoxy groups -OCH3 is 1. The fraction of sp³-hybridized carbons (Fsp3) is 0.500. The van der Waals surface area contributed by atoms with Crippen molar-refractivity contribution >= 4 is 21.4 Å². The monoisotopic (exact) mass is 383 g/mol. The fourth-order valence-corrected chi connectivity index (χ4v) is 5.39. The molecule has 0 atom stereocenters. The summed E-state index contributed by atoms with van der Waals surface area (Å²) in [4.78, 5) is 9.19. The van der Waals surface area contributed by atoms with E-state index in [0.717, 1.165) is 30.6 Å². The third kappa shape index (κ3) is 4.68. The molecule has 1 N–H and O–H groups in total. The Hall–Kier alpha value is -1.71. The Bertz CT molecular complexity index is 814. The Morgan fingerprint density at radius 1 is 1.16 bits per heavy atom. The number of thiophene rings is 1. The minimum Gasteiger partial charge on any atom is -0.480 e. The molecule has 0 aromatic carbocycles. The van der Waals surface area contributed by atoms with Gasteiger partial charge in [0.25, 0.3) is 0 Å². The summed E-state index contributed by atoms with van der Waals surface area (Å²) in [5, 5.41) is 0. The largest absolute Gasteiger partial charge is 0.480 e. The highest BCUT2D eigenvalue weighted by atomic mass is 32.2. The molecule has 2 heterocycles. The molecule has 9 heteroatoms. The van der Waals surface area contributed by atoms with Crippen LogP contribution in [0.2, 0.25) is 0 Å². The molecular formula is C16H21N3O4S2. The van der Waals surface area contributed by atoms with Crippen LogP contribution in [0.5, 0.6) is 11.8 Å². The van der Waals surface area contributed by atoms with Crippen molar-refractivity contribution in [1.29, 1.82) is 0 Å². The number of sulfonamides is 1. The van der Waals surface area contributed by atoms with Gasteiger partial charge < -0.3 is 9.47 Å². The zero-order valence-corrected chi connectivity index (χ0v) is 15.8. The van der Waals surface area contributed by atoms with Crippen molar-refractivity contribution in [2.45, 2.75) is 49.0 Å². The van der Waals surface area contributed by atoms with Gasteiger partial charge in [-0.1, -0.05) is 0 Å². The van der Waals surface area contributed by atoms with E-state index in [1.54, 1.807) is 12.3 Å². The van der Waals surface area contributed by atoms with Gasteiger partial charge >= 0.3 is 0 Å². The lowest BCUT2D eigenvalue weighted by Gasteiger charge is -2.28. The minimum absolute atomic E-state index is 0.00569. The molecule has 0 spiro atoms. The maximum absolute atomic E-state index is 12.4. The van der Waals surface area contributed by atoms with E-state index in [9.17, 15) is 8.42 Å². The second-order valence-electron chi connectivity index (χ2n) is 5.98. The van der Waals surface area contributed by atoms with E-state index in [-0.39, 0.29) is 12.1 Å². The highest BCUT2D eigenvalue weighted by molar-refractivity contribution is 7.91. The van der Waals surface area contributed by atoms with Crippen molar-refractivity contribution in [3.63, 3.8) is 0 Å². The Balaban J connectivity index is 1.53. The zero-order valence-electron chi connectivity index (χ0n) is 14.1. The molecule has 0 saturated heterocycles. The van der Waals surface area contributed by atoms with Gasteiger partial charge in [0, 0.05) is 10.9 Å². The van der Waals surface area contributed by atoms with Gasteiger partial charge in [-0.25, -0.2) is 13.1 Å². The summed E-state index contributed by atoms with van der Waals surface area (Å²) in [6, 6.07) is 3.40. The number of nitrogens with one attached hydrogen (secondary N) is 1. The average Bonchev–Trinajstić information content (AvgIpc) is 3.04. The summed E-state index contributed by atoms with van der Waals surface area (Å²) in [5.41, 5.74) is 0. The summed E-state index contributed by atoms with van der Waals surface area (Å²) in [6.07, 6.45) is 6.05. The van der Waals surface area contributed by atoms with Crippen LogP contribution in [-0.2, 0) is 10.0 Å². The molecule has 1 saturated carbocycles. The number of nitrogens with zero attached hydrogens (tertiary/aromatic N) is 2. The molecule has 0 radical (unpaired) electrons. The van der Waals surface area contributed by atoms with Gasteiger partial charge in [-0.15, -0.1) is 11.3 Å². The number of aromatic nitrogens is 2. The Morgan fingerprint density at radius 2 is 1.88 bits per heavy atom. The van der Waals surface area contributed by atoms with Gasteiger partial charge in [-0.05, 0) is 44.7 Å². The van der Waals surface area contributed by atoms with Crippen molar-refractivity contribution in [1.82, 2.24) is 14.7 Å². The highest BCUT2D eigenvalue weighted by Crippen LogP contribution is 2.26. The third-order valence-corrected chi connectivity index (χ3v) is 7.08. The van der Waals surface area contributed by atoms with E-state index in [1.807, 2.05) is 13.0 Å². The molecule has 7 nitrogen and oxygen atoms in total. The molecule has 1 fully saturated rings. The zero-order chi connectivity index (χ0) is 17.9. The van der Waals surface area contributed by atoms with Crippen LogP contribution in [0.4, 0.5) is 0 Å². The lowest BCUT2D eigenvalue weighted by atomic mass is 9.94. The summed E-state index contributed by atoms with van der Waals surface area (Å²) < 4.78 is 38.8. The molecule has 0 unspecified atom stereocenters. The number of hydrogen-bond acceptors (Lipinski definition) is 7. The lowest BCUT2D eigenvalue weighted by Crippen LogP contribution is -2.39. The molecule has 0 aliphatic heterocycles. The Labute approximate surface area is 151 Å². The van der Waals surface area contributed by atoms with Gasteiger partial charge in [-0.2, -0.15) is 4.98 Å². The summed E-state index contributed by atoms with van der Waals surface area (Å²) in [6.45, 7) is 1.90. The van der Waals surface area contributed by atoms with Crippen LogP contribution >= 0.6 is 11.3 Å². The molecule has 2 aromatic rings. The number of hydrogen-bond donors (Lipinski definition) is 1. The SMILES string of the molecule is COc1cncc(OC2CCC(NS(=O)(=O)c3ccc(C)s3)CC2)n1. The van der Waals surface area contributed by atoms with Crippen LogP contribution in [0.25, 0.3) is 0 Å². The van der Waals surface area contributed by atoms with Crippen LogP contribution in [0.3, 0.4) is 0 Å². The average molecular weight is 383 g/mol. The van der Waals surface area contributed by atoms with Crippen LogP contribution < -0.4 is 14.2 Å². The van der Waals surface area contributed by atoms with Gasteiger partial charge in [0.2, 0.25) is 21.8 Å². The summed E-state index contributed by atoms with van der Waals surface area (Å²) in [5.74, 6) is 0.836. The highest BCUT2D eigenvalue weighted by Gasteiger charge is 2.27. The molecule has 1 aliphatic rings. The quantitative estimate of drug-likeness (QED) is 0.824.